The third-order valence-corrected chi connectivity index (χ3v) is 0.719. The molecule has 0 saturated heterocycles. The third kappa shape index (κ3) is 6.23. The maximum absolute atomic E-state index is 8.02. The molecule has 0 saturated carbocycles. The molecular weight excluding hydrogens is 135 g/mol. The molecule has 0 rings (SSSR count). The zero-order valence-electron chi connectivity index (χ0n) is 3.93. The summed E-state index contributed by atoms with van der Waals surface area (Å²) in [6, 6.07) is 0. The van der Waals surface area contributed by atoms with E-state index in [1.807, 2.05) is 0 Å². The van der Waals surface area contributed by atoms with Gasteiger partial charge in [0.15, 0.2) is 6.29 Å². The van der Waals surface area contributed by atoms with Crippen molar-refractivity contribution in [2.45, 2.75) is 6.29 Å². The molecule has 0 aromatic carbocycles. The largest absolute Gasteiger partial charge is 0.366 e. The van der Waals surface area contributed by atoms with Gasteiger partial charge >= 0.3 is 8.60 Å². The van der Waals surface area contributed by atoms with Crippen LogP contribution in [0.5, 0.6) is 0 Å². The van der Waals surface area contributed by atoms with Crippen molar-refractivity contribution in [3.05, 3.63) is 0 Å². The van der Waals surface area contributed by atoms with Gasteiger partial charge in [-0.05, 0) is 0 Å². The van der Waals surface area contributed by atoms with Crippen molar-refractivity contribution in [2.75, 3.05) is 6.61 Å². The molecule has 50 valence electrons. The van der Waals surface area contributed by atoms with E-state index in [1.165, 1.54) is 0 Å². The second kappa shape index (κ2) is 4.14. The lowest BCUT2D eigenvalue weighted by molar-refractivity contribution is -0.0700. The molecule has 0 aromatic rings. The summed E-state index contributed by atoms with van der Waals surface area (Å²) < 4.78 is 3.98. The highest BCUT2D eigenvalue weighted by molar-refractivity contribution is 7.39. The van der Waals surface area contributed by atoms with Crippen molar-refractivity contribution >= 4 is 8.60 Å². The molecule has 0 radical (unpaired) electrons. The minimum atomic E-state index is -2.45. The minimum Gasteiger partial charge on any atom is -0.366 e. The van der Waals surface area contributed by atoms with Crippen LogP contribution in [-0.4, -0.2) is 32.9 Å². The summed E-state index contributed by atoms with van der Waals surface area (Å²) in [4.78, 5) is 16.0. The second-order valence-corrected chi connectivity index (χ2v) is 1.79. The lowest BCUT2D eigenvalue weighted by atomic mass is 10.7. The molecule has 0 bridgehead atoms. The molecule has 0 fully saturated rings. The Kier molecular flexibility index (Phi) is 4.26. The molecule has 4 N–H and O–H groups in total. The smallest absolute Gasteiger partial charge is 0.327 e. The Labute approximate surface area is 47.2 Å². The van der Waals surface area contributed by atoms with Crippen molar-refractivity contribution in [1.29, 1.82) is 0 Å². The van der Waals surface area contributed by atoms with Gasteiger partial charge in [0.05, 0.1) is 0 Å². The Balaban J connectivity index is 2.93. The minimum absolute atomic E-state index is 0.474. The number of rotatable bonds is 3. The predicted octanol–water partition coefficient (Wildman–Crippen LogP) is -1.47. The average Bonchev–Trinajstić information content (AvgIpc) is 1.61. The molecule has 0 atom stereocenters. The van der Waals surface area contributed by atoms with Gasteiger partial charge in [0.25, 0.3) is 0 Å². The molecule has 0 aliphatic carbocycles. The van der Waals surface area contributed by atoms with Crippen LogP contribution in [0, 0.1) is 0 Å². The molecule has 5 nitrogen and oxygen atoms in total. The van der Waals surface area contributed by atoms with Crippen molar-refractivity contribution < 1.29 is 24.5 Å². The van der Waals surface area contributed by atoms with Crippen LogP contribution in [0.15, 0.2) is 0 Å². The van der Waals surface area contributed by atoms with Crippen LogP contribution in [0.1, 0.15) is 0 Å². The summed E-state index contributed by atoms with van der Waals surface area (Å²) in [7, 11) is -2.45. The lowest BCUT2D eigenvalue weighted by Crippen LogP contribution is -2.11. The van der Waals surface area contributed by atoms with Gasteiger partial charge in [0.2, 0.25) is 0 Å². The molecule has 6 heteroatoms. The summed E-state index contributed by atoms with van der Waals surface area (Å²) in [5, 5.41) is 16.0. The third-order valence-electron chi connectivity index (χ3n) is 0.339. The Morgan fingerprint density at radius 1 is 1.38 bits per heavy atom. The van der Waals surface area contributed by atoms with Crippen LogP contribution in [-0.2, 0) is 4.52 Å². The van der Waals surface area contributed by atoms with E-state index < -0.39 is 21.5 Å². The summed E-state index contributed by atoms with van der Waals surface area (Å²) in [5.41, 5.74) is 0. The van der Waals surface area contributed by atoms with E-state index in [2.05, 4.69) is 4.52 Å². The highest BCUT2D eigenvalue weighted by Crippen LogP contribution is 2.23. The van der Waals surface area contributed by atoms with Gasteiger partial charge in [0, 0.05) is 0 Å². The van der Waals surface area contributed by atoms with Crippen molar-refractivity contribution in [2.24, 2.45) is 0 Å². The van der Waals surface area contributed by atoms with Crippen LogP contribution in [0.3, 0.4) is 0 Å². The van der Waals surface area contributed by atoms with Crippen LogP contribution in [0.25, 0.3) is 0 Å². The maximum Gasteiger partial charge on any atom is 0.327 e. The first-order valence-corrected chi connectivity index (χ1v) is 2.96. The van der Waals surface area contributed by atoms with Gasteiger partial charge in [-0.3, -0.25) is 0 Å². The zero-order valence-corrected chi connectivity index (χ0v) is 4.82. The Morgan fingerprint density at radius 3 is 2.00 bits per heavy atom. The van der Waals surface area contributed by atoms with Crippen LogP contribution < -0.4 is 0 Å². The van der Waals surface area contributed by atoms with Gasteiger partial charge < -0.3 is 24.5 Å². The van der Waals surface area contributed by atoms with E-state index in [0.29, 0.717) is 0 Å². The monoisotopic (exact) mass is 142 g/mol. The summed E-state index contributed by atoms with van der Waals surface area (Å²) >= 11 is 0. The van der Waals surface area contributed by atoms with Crippen LogP contribution >= 0.6 is 8.60 Å². The molecule has 8 heavy (non-hydrogen) atoms. The van der Waals surface area contributed by atoms with E-state index in [1.54, 1.807) is 0 Å². The van der Waals surface area contributed by atoms with E-state index in [4.69, 9.17) is 20.0 Å². The van der Waals surface area contributed by atoms with Gasteiger partial charge in [0.1, 0.15) is 6.61 Å². The first kappa shape index (κ1) is 8.23. The second-order valence-electron chi connectivity index (χ2n) is 1.03. The van der Waals surface area contributed by atoms with Crippen molar-refractivity contribution in [1.82, 2.24) is 0 Å². The number of aliphatic hydroxyl groups excluding tert-OH is 1. The first-order chi connectivity index (χ1) is 3.63. The topological polar surface area (TPSA) is 90.2 Å². The van der Waals surface area contributed by atoms with Crippen molar-refractivity contribution in [3.8, 4) is 0 Å². The van der Waals surface area contributed by atoms with Gasteiger partial charge in [-0.2, -0.15) is 0 Å². The maximum atomic E-state index is 8.02. The van der Waals surface area contributed by atoms with Gasteiger partial charge in [-0.15, -0.1) is 0 Å². The highest BCUT2D eigenvalue weighted by Gasteiger charge is 2.02. The standard InChI is InChI=1S/C2H7O5P/c3-2(4)1-7-8(5)6/h2-6H,1H2. The van der Waals surface area contributed by atoms with Gasteiger partial charge in [-0.25, -0.2) is 0 Å². The number of hydrogen-bond donors (Lipinski definition) is 4. The van der Waals surface area contributed by atoms with Crippen molar-refractivity contribution in [3.63, 3.8) is 0 Å². The fraction of sp³-hybridized carbons (Fsp3) is 1.00. The quantitative estimate of drug-likeness (QED) is 0.285. The normalized spacial score (nSPS) is 11.2. The Bertz CT molecular complexity index is 46.4. The van der Waals surface area contributed by atoms with E-state index in [0.717, 1.165) is 0 Å². The zero-order chi connectivity index (χ0) is 6.57. The molecule has 0 unspecified atom stereocenters. The molecule has 0 amide bonds. The SMILES string of the molecule is OC(O)COP(O)O. The molecule has 0 spiro atoms. The van der Waals surface area contributed by atoms with Crippen LogP contribution in [0.4, 0.5) is 0 Å². The first-order valence-electron chi connectivity index (χ1n) is 1.80. The average molecular weight is 142 g/mol. The fourth-order valence-corrected chi connectivity index (χ4v) is 0.400. The fourth-order valence-electron chi connectivity index (χ4n) is 0.133. The Hall–Kier alpha value is 0.230. The summed E-state index contributed by atoms with van der Waals surface area (Å²) in [6.07, 6.45) is -1.64. The molecule has 0 aromatic heterocycles. The van der Waals surface area contributed by atoms with E-state index in [9.17, 15) is 0 Å². The number of aliphatic hydroxyl groups is 2. The van der Waals surface area contributed by atoms with E-state index >= 15 is 0 Å². The van der Waals surface area contributed by atoms with E-state index in [-0.39, 0.29) is 0 Å². The summed E-state index contributed by atoms with van der Waals surface area (Å²) in [6.45, 7) is -0.474. The predicted molar refractivity (Wildman–Crippen MR) is 25.5 cm³/mol. The Morgan fingerprint density at radius 2 is 1.88 bits per heavy atom. The van der Waals surface area contributed by atoms with Gasteiger partial charge in [-0.1, -0.05) is 0 Å². The highest BCUT2D eigenvalue weighted by atomic mass is 31.2. The van der Waals surface area contributed by atoms with Crippen LogP contribution in [0.2, 0.25) is 0 Å². The molecule has 0 aliphatic rings. The molecule has 0 aliphatic heterocycles. The molecular formula is C2H7O5P. The molecule has 0 heterocycles. The lowest BCUT2D eigenvalue weighted by Gasteiger charge is -2.03. The number of hydrogen-bond acceptors (Lipinski definition) is 5. The summed E-state index contributed by atoms with van der Waals surface area (Å²) in [5.74, 6) is 0.